The molecule has 0 fully saturated rings. The Balaban J connectivity index is 2.83. The summed E-state index contributed by atoms with van der Waals surface area (Å²) in [5.74, 6) is -0.0534. The van der Waals surface area contributed by atoms with E-state index in [4.69, 9.17) is 4.74 Å². The zero-order valence-corrected chi connectivity index (χ0v) is 7.50. The molecular weight excluding hydrogens is 185 g/mol. The lowest BCUT2D eigenvalue weighted by molar-refractivity contribution is 0.399. The van der Waals surface area contributed by atoms with Gasteiger partial charge in [0, 0.05) is 11.5 Å². The van der Waals surface area contributed by atoms with Gasteiger partial charge in [-0.15, -0.1) is 0 Å². The molecule has 72 valence electrons. The topological polar surface area (TPSA) is 42.1 Å². The molecule has 3 nitrogen and oxygen atoms in total. The standard InChI is InChI=1S/C10H8FNO2/c1-14-10-5-9(13)7-4-6(11)2-3-8(7)12-10/h2-5H,1H3,(H,12,13). The van der Waals surface area contributed by atoms with Crippen LogP contribution in [0, 0.1) is 5.82 Å². The predicted molar refractivity (Wildman–Crippen MR) is 51.1 cm³/mol. The van der Waals surface area contributed by atoms with E-state index in [1.165, 1.54) is 31.4 Å². The number of hydrogen-bond acceptors (Lipinski definition) is 2. The summed E-state index contributed by atoms with van der Waals surface area (Å²) in [5, 5.41) is 0.325. The van der Waals surface area contributed by atoms with Crippen molar-refractivity contribution in [3.63, 3.8) is 0 Å². The first-order valence-corrected chi connectivity index (χ1v) is 4.07. The summed E-state index contributed by atoms with van der Waals surface area (Å²) < 4.78 is 17.7. The highest BCUT2D eigenvalue weighted by molar-refractivity contribution is 5.78. The number of aromatic nitrogens is 1. The fourth-order valence-electron chi connectivity index (χ4n) is 1.30. The number of hydrogen-bond donors (Lipinski definition) is 1. The monoisotopic (exact) mass is 193 g/mol. The Labute approximate surface area is 79.1 Å². The van der Waals surface area contributed by atoms with Crippen molar-refractivity contribution in [1.82, 2.24) is 4.98 Å². The Hall–Kier alpha value is -1.84. The maximum atomic E-state index is 12.8. The van der Waals surface area contributed by atoms with Gasteiger partial charge in [0.1, 0.15) is 5.82 Å². The van der Waals surface area contributed by atoms with Crippen molar-refractivity contribution in [2.75, 3.05) is 7.11 Å². The highest BCUT2D eigenvalue weighted by Crippen LogP contribution is 2.12. The van der Waals surface area contributed by atoms with Crippen molar-refractivity contribution in [1.29, 1.82) is 0 Å². The van der Waals surface area contributed by atoms with Crippen molar-refractivity contribution in [2.45, 2.75) is 0 Å². The second-order valence-corrected chi connectivity index (χ2v) is 2.89. The Bertz CT molecular complexity index is 533. The smallest absolute Gasteiger partial charge is 0.194 e. The maximum Gasteiger partial charge on any atom is 0.194 e. The van der Waals surface area contributed by atoms with Crippen molar-refractivity contribution >= 4 is 10.9 Å². The van der Waals surface area contributed by atoms with Crippen LogP contribution in [0.2, 0.25) is 0 Å². The van der Waals surface area contributed by atoms with Crippen LogP contribution in [0.5, 0.6) is 5.88 Å². The van der Waals surface area contributed by atoms with E-state index in [1.807, 2.05) is 0 Å². The van der Waals surface area contributed by atoms with Gasteiger partial charge in [0.25, 0.3) is 0 Å². The Kier molecular flexibility index (Phi) is 1.96. The van der Waals surface area contributed by atoms with Crippen LogP contribution in [-0.4, -0.2) is 12.1 Å². The molecule has 4 heteroatoms. The highest BCUT2D eigenvalue weighted by atomic mass is 19.1. The average Bonchev–Trinajstić information content (AvgIpc) is 2.19. The first kappa shape index (κ1) is 8.74. The molecule has 0 spiro atoms. The van der Waals surface area contributed by atoms with Crippen molar-refractivity contribution in [3.8, 4) is 5.88 Å². The minimum Gasteiger partial charge on any atom is -0.482 e. The lowest BCUT2D eigenvalue weighted by Gasteiger charge is -2.02. The molecule has 0 amide bonds. The lowest BCUT2D eigenvalue weighted by Crippen LogP contribution is -2.03. The van der Waals surface area contributed by atoms with E-state index >= 15 is 0 Å². The van der Waals surface area contributed by atoms with Crippen molar-refractivity contribution in [2.24, 2.45) is 0 Å². The zero-order chi connectivity index (χ0) is 10.1. The number of benzene rings is 1. The highest BCUT2D eigenvalue weighted by Gasteiger charge is 2.02. The summed E-state index contributed by atoms with van der Waals surface area (Å²) in [5.41, 5.74) is 0.311. The van der Waals surface area contributed by atoms with Crippen LogP contribution >= 0.6 is 0 Å². The van der Waals surface area contributed by atoms with Crippen molar-refractivity contribution < 1.29 is 9.13 Å². The fraction of sp³-hybridized carbons (Fsp3) is 0.100. The largest absolute Gasteiger partial charge is 0.482 e. The van der Waals surface area contributed by atoms with E-state index < -0.39 is 5.82 Å². The molecule has 2 aromatic rings. The van der Waals surface area contributed by atoms with Gasteiger partial charge in [-0.25, -0.2) is 4.39 Å². The van der Waals surface area contributed by atoms with Gasteiger partial charge < -0.3 is 9.72 Å². The summed E-state index contributed by atoms with van der Waals surface area (Å²) in [4.78, 5) is 14.3. The number of halogens is 1. The second-order valence-electron chi connectivity index (χ2n) is 2.89. The zero-order valence-electron chi connectivity index (χ0n) is 7.50. The minimum atomic E-state index is -0.423. The Morgan fingerprint density at radius 3 is 2.86 bits per heavy atom. The molecule has 0 radical (unpaired) electrons. The van der Waals surface area contributed by atoms with Gasteiger partial charge in [-0.2, -0.15) is 0 Å². The second kappa shape index (κ2) is 3.14. The molecule has 14 heavy (non-hydrogen) atoms. The predicted octanol–water partition coefficient (Wildman–Crippen LogP) is 1.68. The van der Waals surface area contributed by atoms with Crippen LogP contribution in [0.3, 0.4) is 0 Å². The number of fused-ring (bicyclic) bond motifs is 1. The van der Waals surface area contributed by atoms with E-state index in [2.05, 4.69) is 4.98 Å². The van der Waals surface area contributed by atoms with Crippen LogP contribution < -0.4 is 10.2 Å². The Morgan fingerprint density at radius 2 is 2.14 bits per heavy atom. The van der Waals surface area contributed by atoms with E-state index in [0.29, 0.717) is 16.8 Å². The molecule has 1 aromatic heterocycles. The average molecular weight is 193 g/mol. The van der Waals surface area contributed by atoms with Crippen LogP contribution in [0.15, 0.2) is 29.1 Å². The first-order valence-electron chi connectivity index (χ1n) is 4.07. The molecule has 0 unspecified atom stereocenters. The van der Waals surface area contributed by atoms with Gasteiger partial charge in [0.05, 0.1) is 12.6 Å². The molecular formula is C10H8FNO2. The van der Waals surface area contributed by atoms with Crippen LogP contribution in [0.1, 0.15) is 0 Å². The van der Waals surface area contributed by atoms with Gasteiger partial charge in [-0.1, -0.05) is 0 Å². The quantitative estimate of drug-likeness (QED) is 0.748. The van der Waals surface area contributed by atoms with Gasteiger partial charge in [0.15, 0.2) is 11.3 Å². The van der Waals surface area contributed by atoms with E-state index in [9.17, 15) is 9.18 Å². The van der Waals surface area contributed by atoms with Gasteiger partial charge in [-0.3, -0.25) is 4.79 Å². The van der Waals surface area contributed by atoms with Crippen LogP contribution in [-0.2, 0) is 0 Å². The number of nitrogens with one attached hydrogen (secondary N) is 1. The summed E-state index contributed by atoms with van der Waals surface area (Å²) in [6.45, 7) is 0. The third-order valence-corrected chi connectivity index (χ3v) is 1.99. The first-order chi connectivity index (χ1) is 6.70. The number of pyridine rings is 1. The SMILES string of the molecule is COc1cc(=O)c2cc(F)ccc2[nH]1. The summed E-state index contributed by atoms with van der Waals surface area (Å²) in [6, 6.07) is 5.29. The number of H-pyrrole nitrogens is 1. The molecule has 0 saturated heterocycles. The summed E-state index contributed by atoms with van der Waals surface area (Å²) in [6.07, 6.45) is 0. The molecule has 0 aliphatic heterocycles. The molecule has 1 N–H and O–H groups in total. The Morgan fingerprint density at radius 1 is 1.36 bits per heavy atom. The van der Waals surface area contributed by atoms with E-state index in [1.54, 1.807) is 0 Å². The molecule has 0 atom stereocenters. The molecule has 0 bridgehead atoms. The molecule has 2 rings (SSSR count). The van der Waals surface area contributed by atoms with Gasteiger partial charge >= 0.3 is 0 Å². The molecule has 0 aliphatic carbocycles. The summed E-state index contributed by atoms with van der Waals surface area (Å²) >= 11 is 0. The fourth-order valence-corrected chi connectivity index (χ4v) is 1.30. The van der Waals surface area contributed by atoms with E-state index in [0.717, 1.165) is 0 Å². The van der Waals surface area contributed by atoms with Gasteiger partial charge in [0.2, 0.25) is 0 Å². The summed E-state index contributed by atoms with van der Waals surface area (Å²) in [7, 11) is 1.46. The molecule has 0 saturated carbocycles. The number of methoxy groups -OCH3 is 1. The van der Waals surface area contributed by atoms with Gasteiger partial charge in [-0.05, 0) is 18.2 Å². The maximum absolute atomic E-state index is 12.8. The minimum absolute atomic E-state index is 0.255. The number of ether oxygens (including phenoxy) is 1. The molecule has 0 aliphatic rings. The lowest BCUT2D eigenvalue weighted by atomic mass is 10.2. The number of aromatic amines is 1. The molecule has 1 aromatic carbocycles. The van der Waals surface area contributed by atoms with Crippen LogP contribution in [0.4, 0.5) is 4.39 Å². The third kappa shape index (κ3) is 1.35. The van der Waals surface area contributed by atoms with E-state index in [-0.39, 0.29) is 5.43 Å². The molecule has 1 heterocycles. The third-order valence-electron chi connectivity index (χ3n) is 1.99. The normalized spacial score (nSPS) is 10.4. The number of rotatable bonds is 1. The van der Waals surface area contributed by atoms with Crippen LogP contribution in [0.25, 0.3) is 10.9 Å². The van der Waals surface area contributed by atoms with Crippen molar-refractivity contribution in [3.05, 3.63) is 40.3 Å².